The number of aliphatic hydroxyl groups is 1. The zero-order valence-electron chi connectivity index (χ0n) is 14.3. The Bertz CT molecular complexity index is 785. The Morgan fingerprint density at radius 3 is 2.60 bits per heavy atom. The maximum absolute atomic E-state index is 11.4. The van der Waals surface area contributed by atoms with Gasteiger partial charge in [0.25, 0.3) is 5.78 Å². The van der Waals surface area contributed by atoms with Crippen molar-refractivity contribution in [1.29, 1.82) is 0 Å². The van der Waals surface area contributed by atoms with Gasteiger partial charge >= 0.3 is 5.97 Å². The second kappa shape index (κ2) is 8.19. The Hall–Kier alpha value is -3.02. The quantitative estimate of drug-likeness (QED) is 0.359. The van der Waals surface area contributed by atoms with Crippen molar-refractivity contribution >= 4 is 17.5 Å². The van der Waals surface area contributed by atoms with Gasteiger partial charge in [-0.1, -0.05) is 18.2 Å². The minimum Gasteiger partial charge on any atom is -0.504 e. The number of rotatable bonds is 7. The van der Waals surface area contributed by atoms with Crippen LogP contribution in [0.5, 0.6) is 5.75 Å². The lowest BCUT2D eigenvalue weighted by atomic mass is 10.1. The Morgan fingerprint density at radius 1 is 1.20 bits per heavy atom. The Balaban J connectivity index is 2.16. The zero-order valence-corrected chi connectivity index (χ0v) is 14.3. The molecule has 0 fully saturated rings. The second-order valence-corrected chi connectivity index (χ2v) is 5.60. The van der Waals surface area contributed by atoms with Gasteiger partial charge in [0.2, 0.25) is 0 Å². The van der Waals surface area contributed by atoms with Crippen molar-refractivity contribution in [3.63, 3.8) is 0 Å². The van der Waals surface area contributed by atoms with Crippen molar-refractivity contribution < 1.29 is 28.6 Å². The van der Waals surface area contributed by atoms with Crippen LogP contribution in [-0.4, -0.2) is 30.1 Å². The molecule has 0 saturated heterocycles. The van der Waals surface area contributed by atoms with Crippen LogP contribution in [0.3, 0.4) is 0 Å². The number of benzene rings is 1. The molecule has 6 nitrogen and oxygen atoms in total. The van der Waals surface area contributed by atoms with E-state index in [1.54, 1.807) is 6.07 Å². The SMILES string of the molecule is COC(=O)C(=O)C=C(O)c1ccc(Cc2ccccc2OC(C)C)o1. The van der Waals surface area contributed by atoms with Crippen LogP contribution in [0.25, 0.3) is 5.76 Å². The summed E-state index contributed by atoms with van der Waals surface area (Å²) in [7, 11) is 1.09. The normalized spacial score (nSPS) is 11.4. The summed E-state index contributed by atoms with van der Waals surface area (Å²) >= 11 is 0. The fourth-order valence-corrected chi connectivity index (χ4v) is 2.17. The number of furan rings is 1. The number of aliphatic hydroxyl groups excluding tert-OH is 1. The molecular formula is C19H20O6. The monoisotopic (exact) mass is 344 g/mol. The van der Waals surface area contributed by atoms with Crippen LogP contribution >= 0.6 is 0 Å². The molecule has 0 amide bonds. The highest BCUT2D eigenvalue weighted by molar-refractivity contribution is 6.39. The molecule has 1 aromatic carbocycles. The van der Waals surface area contributed by atoms with E-state index in [0.29, 0.717) is 12.2 Å². The van der Waals surface area contributed by atoms with Crippen molar-refractivity contribution in [2.24, 2.45) is 0 Å². The van der Waals surface area contributed by atoms with Crippen LogP contribution in [0.4, 0.5) is 0 Å². The van der Waals surface area contributed by atoms with Gasteiger partial charge in [0, 0.05) is 18.1 Å². The molecule has 0 aliphatic carbocycles. The number of esters is 1. The fraction of sp³-hybridized carbons (Fsp3) is 0.263. The van der Waals surface area contributed by atoms with Crippen LogP contribution < -0.4 is 4.74 Å². The van der Waals surface area contributed by atoms with Crippen molar-refractivity contribution in [3.05, 3.63) is 59.6 Å². The smallest absolute Gasteiger partial charge is 0.378 e. The van der Waals surface area contributed by atoms with Crippen molar-refractivity contribution in [1.82, 2.24) is 0 Å². The van der Waals surface area contributed by atoms with Crippen LogP contribution in [-0.2, 0) is 20.7 Å². The van der Waals surface area contributed by atoms with E-state index in [1.165, 1.54) is 6.07 Å². The average molecular weight is 344 g/mol. The Kier molecular flexibility index (Phi) is 6.00. The lowest BCUT2D eigenvalue weighted by Gasteiger charge is -2.13. The molecule has 0 spiro atoms. The molecule has 0 saturated carbocycles. The first-order valence-electron chi connectivity index (χ1n) is 7.77. The molecule has 0 aliphatic heterocycles. The molecule has 1 aromatic heterocycles. The number of hydrogen-bond acceptors (Lipinski definition) is 6. The number of hydrogen-bond donors (Lipinski definition) is 1. The molecule has 6 heteroatoms. The van der Waals surface area contributed by atoms with Crippen LogP contribution in [0.2, 0.25) is 0 Å². The Labute approximate surface area is 145 Å². The fourth-order valence-electron chi connectivity index (χ4n) is 2.17. The molecule has 1 N–H and O–H groups in total. The highest BCUT2D eigenvalue weighted by Crippen LogP contribution is 2.24. The number of ether oxygens (including phenoxy) is 2. The zero-order chi connectivity index (χ0) is 18.4. The number of para-hydroxylation sites is 1. The molecule has 2 rings (SSSR count). The number of ketones is 1. The maximum atomic E-state index is 11.4. The molecule has 25 heavy (non-hydrogen) atoms. The summed E-state index contributed by atoms with van der Waals surface area (Å²) in [6, 6.07) is 10.8. The number of carbonyl (C=O) groups excluding carboxylic acids is 2. The van der Waals surface area contributed by atoms with Gasteiger partial charge in [0.1, 0.15) is 11.5 Å². The van der Waals surface area contributed by atoms with E-state index < -0.39 is 17.5 Å². The third-order valence-corrected chi connectivity index (χ3v) is 3.27. The maximum Gasteiger partial charge on any atom is 0.378 e. The summed E-state index contributed by atoms with van der Waals surface area (Å²) in [6.07, 6.45) is 1.27. The number of methoxy groups -OCH3 is 1. The first-order chi connectivity index (χ1) is 11.9. The highest BCUT2D eigenvalue weighted by atomic mass is 16.5. The van der Waals surface area contributed by atoms with Gasteiger partial charge in [0.05, 0.1) is 13.2 Å². The molecule has 0 unspecified atom stereocenters. The largest absolute Gasteiger partial charge is 0.504 e. The van der Waals surface area contributed by atoms with Gasteiger partial charge in [-0.05, 0) is 32.0 Å². The van der Waals surface area contributed by atoms with Crippen molar-refractivity contribution in [2.45, 2.75) is 26.4 Å². The molecule has 132 valence electrons. The van der Waals surface area contributed by atoms with Gasteiger partial charge in [-0.2, -0.15) is 0 Å². The van der Waals surface area contributed by atoms with E-state index in [9.17, 15) is 14.7 Å². The van der Waals surface area contributed by atoms with E-state index in [1.807, 2.05) is 38.1 Å². The van der Waals surface area contributed by atoms with Gasteiger partial charge in [-0.3, -0.25) is 4.79 Å². The third kappa shape index (κ3) is 4.97. The van der Waals surface area contributed by atoms with Gasteiger partial charge < -0.3 is 19.0 Å². The van der Waals surface area contributed by atoms with Gasteiger partial charge in [0.15, 0.2) is 11.5 Å². The van der Waals surface area contributed by atoms with E-state index in [-0.39, 0.29) is 11.9 Å². The second-order valence-electron chi connectivity index (χ2n) is 5.60. The summed E-state index contributed by atoms with van der Waals surface area (Å²) in [5.74, 6) is -1.02. The van der Waals surface area contributed by atoms with Crippen LogP contribution in [0.15, 0.2) is 46.9 Å². The summed E-state index contributed by atoms with van der Waals surface area (Å²) in [5, 5.41) is 9.90. The molecule has 0 aliphatic rings. The summed E-state index contributed by atoms with van der Waals surface area (Å²) in [5.41, 5.74) is 0.936. The summed E-state index contributed by atoms with van der Waals surface area (Å²) < 4.78 is 15.6. The van der Waals surface area contributed by atoms with Crippen molar-refractivity contribution in [2.75, 3.05) is 7.11 Å². The lowest BCUT2D eigenvalue weighted by Crippen LogP contribution is -2.12. The van der Waals surface area contributed by atoms with Crippen molar-refractivity contribution in [3.8, 4) is 5.75 Å². The topological polar surface area (TPSA) is 86.0 Å². The van der Waals surface area contributed by atoms with Crippen LogP contribution in [0, 0.1) is 0 Å². The first kappa shape index (κ1) is 18.3. The standard InChI is InChI=1S/C19H20O6/c1-12(2)24-17-7-5-4-6-13(17)10-14-8-9-18(25-14)15(20)11-16(21)19(22)23-3/h4-9,11-12,20H,10H2,1-3H3. The minimum absolute atomic E-state index is 0.0459. The predicted molar refractivity (Wildman–Crippen MR) is 91.3 cm³/mol. The molecule has 1 heterocycles. The minimum atomic E-state index is -1.06. The van der Waals surface area contributed by atoms with E-state index in [0.717, 1.165) is 24.5 Å². The highest BCUT2D eigenvalue weighted by Gasteiger charge is 2.15. The summed E-state index contributed by atoms with van der Waals surface area (Å²) in [4.78, 5) is 22.5. The van der Waals surface area contributed by atoms with Crippen LogP contribution in [0.1, 0.15) is 30.9 Å². The van der Waals surface area contributed by atoms with E-state index in [4.69, 9.17) is 9.15 Å². The van der Waals surface area contributed by atoms with E-state index in [2.05, 4.69) is 4.74 Å². The predicted octanol–water partition coefficient (Wildman–Crippen LogP) is 3.30. The van der Waals surface area contributed by atoms with Gasteiger partial charge in [-0.15, -0.1) is 0 Å². The van der Waals surface area contributed by atoms with E-state index >= 15 is 0 Å². The first-order valence-corrected chi connectivity index (χ1v) is 7.77. The molecular weight excluding hydrogens is 324 g/mol. The average Bonchev–Trinajstić information content (AvgIpc) is 3.04. The summed E-state index contributed by atoms with van der Waals surface area (Å²) in [6.45, 7) is 3.89. The van der Waals surface area contributed by atoms with Gasteiger partial charge in [-0.25, -0.2) is 4.79 Å². The Morgan fingerprint density at radius 2 is 1.92 bits per heavy atom. The molecule has 2 aromatic rings. The number of carbonyl (C=O) groups is 2. The molecule has 0 radical (unpaired) electrons. The third-order valence-electron chi connectivity index (χ3n) is 3.27. The lowest BCUT2D eigenvalue weighted by molar-refractivity contribution is -0.149. The molecule has 0 bridgehead atoms. The molecule has 0 atom stereocenters.